The lowest BCUT2D eigenvalue weighted by Crippen LogP contribution is -2.42. The molecule has 1 unspecified atom stereocenters. The van der Waals surface area contributed by atoms with Crippen LogP contribution < -0.4 is 0 Å². The minimum atomic E-state index is -1.31. The number of nitrogens with zero attached hydrogens (tertiary/aromatic N) is 1. The van der Waals surface area contributed by atoms with Gasteiger partial charge in [-0.3, -0.25) is 0 Å². The van der Waals surface area contributed by atoms with Crippen molar-refractivity contribution in [2.45, 2.75) is 85.7 Å². The fourth-order valence-corrected chi connectivity index (χ4v) is 2.73. The maximum absolute atomic E-state index is 12.5. The van der Waals surface area contributed by atoms with Gasteiger partial charge in [0.15, 0.2) is 0 Å². The fraction of sp³-hybridized carbons (Fsp3) is 0.722. The van der Waals surface area contributed by atoms with Crippen LogP contribution in [0.4, 0.5) is 4.79 Å². The first kappa shape index (κ1) is 21.0. The Morgan fingerprint density at radius 3 is 1.77 bits per heavy atom. The maximum Gasteiger partial charge on any atom is 0.415 e. The van der Waals surface area contributed by atoms with Crippen LogP contribution in [0.3, 0.4) is 0 Å². The summed E-state index contributed by atoms with van der Waals surface area (Å²) in [5.41, 5.74) is 1.57. The molecule has 0 saturated heterocycles. The van der Waals surface area contributed by atoms with Gasteiger partial charge in [0.05, 0.1) is 8.07 Å². The predicted molar refractivity (Wildman–Crippen MR) is 98.9 cm³/mol. The van der Waals surface area contributed by atoms with Crippen LogP contribution in [-0.4, -0.2) is 31.2 Å². The molecule has 0 radical (unpaired) electrons. The van der Waals surface area contributed by atoms with Crippen LogP contribution in [0.1, 0.15) is 48.5 Å². The van der Waals surface area contributed by atoms with Crippen molar-refractivity contribution < 1.29 is 9.53 Å². The largest absolute Gasteiger partial charge is 0.415 e. The zero-order valence-electron chi connectivity index (χ0n) is 16.2. The quantitative estimate of drug-likeness (QED) is 0.350. The summed E-state index contributed by atoms with van der Waals surface area (Å²) in [6.07, 6.45) is 3.79. The zero-order valence-corrected chi connectivity index (χ0v) is 17.2. The molecule has 0 aromatic rings. The van der Waals surface area contributed by atoms with E-state index in [0.29, 0.717) is 11.3 Å². The van der Waals surface area contributed by atoms with Crippen molar-refractivity contribution in [2.75, 3.05) is 0 Å². The standard InChI is InChI=1S/C18H35NO2Si/c1-13(2)11-17(12-16(7)22(8,9)10)21-18(20)19(14(3)4)15(5)6/h11-12,14-16H,1-10H3/b17-12-. The van der Waals surface area contributed by atoms with Gasteiger partial charge in [0.1, 0.15) is 5.76 Å². The van der Waals surface area contributed by atoms with E-state index < -0.39 is 8.07 Å². The predicted octanol–water partition coefficient (Wildman–Crippen LogP) is 5.82. The molecule has 1 atom stereocenters. The van der Waals surface area contributed by atoms with Crippen LogP contribution >= 0.6 is 0 Å². The SMILES string of the molecule is CC(C)=C/C(=C/C(C)[Si](C)(C)C)OC(=O)N(C(C)C)C(C)C. The molecule has 3 nitrogen and oxygen atoms in total. The summed E-state index contributed by atoms with van der Waals surface area (Å²) in [6, 6.07) is 0.240. The number of allylic oxidation sites excluding steroid dienone is 3. The summed E-state index contributed by atoms with van der Waals surface area (Å²) in [7, 11) is -1.31. The Morgan fingerprint density at radius 1 is 1.00 bits per heavy atom. The van der Waals surface area contributed by atoms with Gasteiger partial charge in [0.2, 0.25) is 0 Å². The molecule has 0 aliphatic rings. The summed E-state index contributed by atoms with van der Waals surface area (Å²) in [4.78, 5) is 14.3. The van der Waals surface area contributed by atoms with E-state index in [-0.39, 0.29) is 18.2 Å². The third-order valence-corrected chi connectivity index (χ3v) is 6.64. The van der Waals surface area contributed by atoms with Gasteiger partial charge < -0.3 is 9.64 Å². The first-order valence-electron chi connectivity index (χ1n) is 8.23. The van der Waals surface area contributed by atoms with Gasteiger partial charge in [-0.25, -0.2) is 4.79 Å². The Labute approximate surface area is 138 Å². The minimum Gasteiger partial charge on any atom is -0.411 e. The number of carbonyl (C=O) groups is 1. The van der Waals surface area contributed by atoms with Crippen molar-refractivity contribution in [1.82, 2.24) is 4.90 Å². The van der Waals surface area contributed by atoms with Crippen LogP contribution in [0.5, 0.6) is 0 Å². The van der Waals surface area contributed by atoms with Gasteiger partial charge in [-0.1, -0.05) is 32.1 Å². The monoisotopic (exact) mass is 325 g/mol. The second-order valence-electron chi connectivity index (χ2n) is 7.91. The molecule has 0 aromatic heterocycles. The van der Waals surface area contributed by atoms with E-state index in [4.69, 9.17) is 4.74 Å². The third-order valence-electron chi connectivity index (χ3n) is 3.74. The van der Waals surface area contributed by atoms with E-state index in [9.17, 15) is 4.79 Å². The van der Waals surface area contributed by atoms with Crippen LogP contribution in [-0.2, 0) is 4.74 Å². The van der Waals surface area contributed by atoms with Crippen LogP contribution in [0.25, 0.3) is 0 Å². The fourth-order valence-electron chi connectivity index (χ4n) is 2.06. The van der Waals surface area contributed by atoms with Crippen molar-refractivity contribution in [3.63, 3.8) is 0 Å². The maximum atomic E-state index is 12.5. The van der Waals surface area contributed by atoms with Crippen molar-refractivity contribution >= 4 is 14.2 Å². The number of carbonyl (C=O) groups excluding carboxylic acids is 1. The molecule has 0 bridgehead atoms. The molecule has 0 heterocycles. The van der Waals surface area contributed by atoms with Crippen LogP contribution in [0.2, 0.25) is 25.2 Å². The number of amides is 1. The van der Waals surface area contributed by atoms with Gasteiger partial charge >= 0.3 is 6.09 Å². The number of rotatable bonds is 6. The topological polar surface area (TPSA) is 29.5 Å². The summed E-state index contributed by atoms with van der Waals surface area (Å²) < 4.78 is 5.71. The summed E-state index contributed by atoms with van der Waals surface area (Å²) in [5, 5.41) is 0. The molecular formula is C18H35NO2Si. The van der Waals surface area contributed by atoms with Gasteiger partial charge in [-0.15, -0.1) is 0 Å². The van der Waals surface area contributed by atoms with E-state index in [1.54, 1.807) is 4.90 Å². The molecule has 0 saturated carbocycles. The van der Waals surface area contributed by atoms with Crippen molar-refractivity contribution in [3.8, 4) is 0 Å². The Bertz CT molecular complexity index is 419. The molecule has 0 N–H and O–H groups in total. The highest BCUT2D eigenvalue weighted by atomic mass is 28.3. The molecule has 22 heavy (non-hydrogen) atoms. The molecule has 0 fully saturated rings. The average molecular weight is 326 g/mol. The van der Waals surface area contributed by atoms with Gasteiger partial charge in [0, 0.05) is 12.1 Å². The van der Waals surface area contributed by atoms with E-state index in [1.165, 1.54) is 0 Å². The molecule has 128 valence electrons. The molecule has 0 rings (SSSR count). The first-order chi connectivity index (χ1) is 9.86. The summed E-state index contributed by atoms with van der Waals surface area (Å²) in [5.74, 6) is 0.672. The Hall–Kier alpha value is -1.03. The second-order valence-corrected chi connectivity index (χ2v) is 13.6. The lowest BCUT2D eigenvalue weighted by molar-refractivity contribution is 0.104. The average Bonchev–Trinajstić information content (AvgIpc) is 2.24. The minimum absolute atomic E-state index is 0.120. The lowest BCUT2D eigenvalue weighted by atomic mass is 10.2. The second kappa shape index (κ2) is 8.56. The van der Waals surface area contributed by atoms with Crippen molar-refractivity contribution in [2.24, 2.45) is 0 Å². The summed E-state index contributed by atoms with van der Waals surface area (Å²) >= 11 is 0. The Balaban J connectivity index is 5.37. The smallest absolute Gasteiger partial charge is 0.411 e. The number of hydrogen-bond donors (Lipinski definition) is 0. The zero-order chi connectivity index (χ0) is 17.7. The molecular weight excluding hydrogens is 290 g/mol. The van der Waals surface area contributed by atoms with E-state index in [1.807, 2.05) is 47.6 Å². The molecule has 4 heteroatoms. The highest BCUT2D eigenvalue weighted by molar-refractivity contribution is 6.77. The molecule has 0 aliphatic carbocycles. The number of ether oxygens (including phenoxy) is 1. The Kier molecular flexibility index (Phi) is 8.16. The van der Waals surface area contributed by atoms with Crippen molar-refractivity contribution in [1.29, 1.82) is 0 Å². The first-order valence-corrected chi connectivity index (χ1v) is 11.8. The Morgan fingerprint density at radius 2 is 1.45 bits per heavy atom. The lowest BCUT2D eigenvalue weighted by Gasteiger charge is -2.30. The molecule has 0 aromatic carbocycles. The third kappa shape index (κ3) is 7.30. The number of hydrogen-bond acceptors (Lipinski definition) is 2. The van der Waals surface area contributed by atoms with Crippen molar-refractivity contribution in [3.05, 3.63) is 23.5 Å². The van der Waals surface area contributed by atoms with Gasteiger partial charge in [-0.05, 0) is 59.2 Å². The highest BCUT2D eigenvalue weighted by Crippen LogP contribution is 2.25. The van der Waals surface area contributed by atoms with Crippen LogP contribution in [0, 0.1) is 0 Å². The molecule has 0 aliphatic heterocycles. The molecule has 1 amide bonds. The van der Waals surface area contributed by atoms with E-state index in [0.717, 1.165) is 5.57 Å². The summed E-state index contributed by atoms with van der Waals surface area (Å²) in [6.45, 7) is 21.3. The van der Waals surface area contributed by atoms with E-state index >= 15 is 0 Å². The van der Waals surface area contributed by atoms with E-state index in [2.05, 4.69) is 32.6 Å². The van der Waals surface area contributed by atoms with Gasteiger partial charge in [0.25, 0.3) is 0 Å². The normalized spacial score (nSPS) is 14.1. The van der Waals surface area contributed by atoms with Crippen LogP contribution in [0.15, 0.2) is 23.5 Å². The molecule has 0 spiro atoms. The highest BCUT2D eigenvalue weighted by Gasteiger charge is 2.24. The van der Waals surface area contributed by atoms with Gasteiger partial charge in [-0.2, -0.15) is 0 Å².